The Morgan fingerprint density at radius 2 is 2.07 bits per heavy atom. The first kappa shape index (κ1) is 19.3. The fourth-order valence-corrected chi connectivity index (χ4v) is 3.78. The zero-order chi connectivity index (χ0) is 20.2. The zero-order valence-corrected chi connectivity index (χ0v) is 16.8. The highest BCUT2D eigenvalue weighted by atomic mass is 32.2. The number of amides is 2. The Labute approximate surface area is 172 Å². The molecule has 2 amide bonds. The van der Waals surface area contributed by atoms with Crippen molar-refractivity contribution in [2.45, 2.75) is 12.5 Å². The fourth-order valence-electron chi connectivity index (χ4n) is 3.31. The van der Waals surface area contributed by atoms with Gasteiger partial charge in [0.05, 0.1) is 11.7 Å². The Balaban J connectivity index is 1.54. The predicted octanol–water partition coefficient (Wildman–Crippen LogP) is 2.07. The number of fused-ring (bicyclic) bond motifs is 2. The number of para-hydroxylation sites is 2. The summed E-state index contributed by atoms with van der Waals surface area (Å²) in [7, 11) is 0. The number of benzene rings is 1. The van der Waals surface area contributed by atoms with Gasteiger partial charge in [-0.15, -0.1) is 10.2 Å². The van der Waals surface area contributed by atoms with Crippen LogP contribution in [0.5, 0.6) is 5.75 Å². The Bertz CT molecular complexity index is 1040. The Hall–Kier alpha value is -3.07. The highest BCUT2D eigenvalue weighted by Crippen LogP contribution is 2.31. The Morgan fingerprint density at radius 3 is 2.93 bits per heavy atom. The molecule has 1 aromatic carbocycles. The zero-order valence-electron chi connectivity index (χ0n) is 15.9. The molecular formula is C20H21N5O3S. The molecule has 1 aliphatic heterocycles. The van der Waals surface area contributed by atoms with Gasteiger partial charge in [0.25, 0.3) is 5.91 Å². The second-order valence-electron chi connectivity index (χ2n) is 6.62. The third kappa shape index (κ3) is 4.04. The molecule has 1 aliphatic rings. The molecule has 150 valence electrons. The Kier molecular flexibility index (Phi) is 5.66. The molecule has 4 rings (SSSR count). The molecule has 2 aromatic heterocycles. The van der Waals surface area contributed by atoms with Gasteiger partial charge in [-0.25, -0.2) is 0 Å². The quantitative estimate of drug-likeness (QED) is 0.640. The van der Waals surface area contributed by atoms with Crippen molar-refractivity contribution in [1.82, 2.24) is 19.9 Å². The van der Waals surface area contributed by atoms with Crippen molar-refractivity contribution >= 4 is 34.9 Å². The van der Waals surface area contributed by atoms with Crippen LogP contribution >= 0.6 is 11.8 Å². The van der Waals surface area contributed by atoms with Crippen LogP contribution in [0.1, 0.15) is 18.3 Å². The summed E-state index contributed by atoms with van der Waals surface area (Å²) >= 11 is 1.70. The minimum atomic E-state index is -0.307. The lowest BCUT2D eigenvalue weighted by atomic mass is 10.2. The number of ether oxygens (including phenoxy) is 1. The standard InChI is InChI=1S/C20H21N5O3S/c1-29-11-9-14(20-23-22-17-8-4-5-10-24(17)20)21-18(26)12-25-15-6-2-3-7-16(15)28-13-19(25)27/h2-8,10,14H,9,11-13H2,1H3,(H,21,26). The van der Waals surface area contributed by atoms with E-state index in [1.165, 1.54) is 4.90 Å². The summed E-state index contributed by atoms with van der Waals surface area (Å²) < 4.78 is 7.32. The average molecular weight is 411 g/mol. The number of hydrogen-bond acceptors (Lipinski definition) is 6. The van der Waals surface area contributed by atoms with Crippen LogP contribution in [0.4, 0.5) is 5.69 Å². The van der Waals surface area contributed by atoms with E-state index < -0.39 is 0 Å². The van der Waals surface area contributed by atoms with Gasteiger partial charge in [-0.3, -0.25) is 18.9 Å². The average Bonchev–Trinajstić information content (AvgIpc) is 3.17. The number of pyridine rings is 1. The lowest BCUT2D eigenvalue weighted by Crippen LogP contribution is -2.46. The first-order valence-corrected chi connectivity index (χ1v) is 10.7. The number of nitrogens with one attached hydrogen (secondary N) is 1. The topological polar surface area (TPSA) is 88.8 Å². The first-order chi connectivity index (χ1) is 14.2. The smallest absolute Gasteiger partial charge is 0.265 e. The molecule has 9 heteroatoms. The lowest BCUT2D eigenvalue weighted by Gasteiger charge is -2.29. The minimum Gasteiger partial charge on any atom is -0.482 e. The Morgan fingerprint density at radius 1 is 1.24 bits per heavy atom. The molecule has 1 atom stereocenters. The van der Waals surface area contributed by atoms with E-state index in [4.69, 9.17) is 4.74 Å². The number of hydrogen-bond donors (Lipinski definition) is 1. The number of anilines is 1. The summed E-state index contributed by atoms with van der Waals surface area (Å²) in [6, 6.07) is 12.6. The van der Waals surface area contributed by atoms with Crippen LogP contribution in [0.25, 0.3) is 5.65 Å². The molecule has 3 aromatic rings. The third-order valence-electron chi connectivity index (χ3n) is 4.71. The van der Waals surface area contributed by atoms with Crippen LogP contribution in [-0.4, -0.2) is 51.6 Å². The largest absolute Gasteiger partial charge is 0.482 e. The van der Waals surface area contributed by atoms with E-state index in [2.05, 4.69) is 15.5 Å². The van der Waals surface area contributed by atoms with E-state index in [0.29, 0.717) is 23.7 Å². The second kappa shape index (κ2) is 8.52. The van der Waals surface area contributed by atoms with Crippen molar-refractivity contribution in [3.63, 3.8) is 0 Å². The van der Waals surface area contributed by atoms with Gasteiger partial charge in [0.1, 0.15) is 12.3 Å². The van der Waals surface area contributed by atoms with Crippen molar-refractivity contribution in [2.75, 3.05) is 30.1 Å². The highest BCUT2D eigenvalue weighted by Gasteiger charge is 2.28. The number of nitrogens with zero attached hydrogens (tertiary/aromatic N) is 4. The molecule has 1 N–H and O–H groups in total. The molecular weight excluding hydrogens is 390 g/mol. The van der Waals surface area contributed by atoms with Gasteiger partial charge in [-0.2, -0.15) is 11.8 Å². The maximum Gasteiger partial charge on any atom is 0.265 e. The van der Waals surface area contributed by atoms with Crippen molar-refractivity contribution in [2.24, 2.45) is 0 Å². The van der Waals surface area contributed by atoms with E-state index in [1.54, 1.807) is 23.9 Å². The number of aromatic nitrogens is 3. The van der Waals surface area contributed by atoms with Crippen molar-refractivity contribution in [3.8, 4) is 5.75 Å². The summed E-state index contributed by atoms with van der Waals surface area (Å²) in [6.07, 6.45) is 4.60. The van der Waals surface area contributed by atoms with Crippen LogP contribution in [0, 0.1) is 0 Å². The third-order valence-corrected chi connectivity index (χ3v) is 5.35. The molecule has 0 spiro atoms. The van der Waals surface area contributed by atoms with Gasteiger partial charge >= 0.3 is 0 Å². The van der Waals surface area contributed by atoms with E-state index in [9.17, 15) is 9.59 Å². The molecule has 0 radical (unpaired) electrons. The summed E-state index contributed by atoms with van der Waals surface area (Å²) in [5.41, 5.74) is 1.33. The molecule has 0 fully saturated rings. The van der Waals surface area contributed by atoms with Crippen molar-refractivity contribution in [1.29, 1.82) is 0 Å². The van der Waals surface area contributed by atoms with Crippen molar-refractivity contribution < 1.29 is 14.3 Å². The maximum absolute atomic E-state index is 12.9. The maximum atomic E-state index is 12.9. The fraction of sp³-hybridized carbons (Fsp3) is 0.300. The van der Waals surface area contributed by atoms with E-state index >= 15 is 0 Å². The predicted molar refractivity (Wildman–Crippen MR) is 111 cm³/mol. The van der Waals surface area contributed by atoms with Gasteiger partial charge in [0.15, 0.2) is 18.1 Å². The molecule has 1 unspecified atom stereocenters. The SMILES string of the molecule is CSCCC(NC(=O)CN1C(=O)COc2ccccc21)c1nnc2ccccn12. The summed E-state index contributed by atoms with van der Waals surface area (Å²) in [5.74, 6) is 1.63. The molecule has 29 heavy (non-hydrogen) atoms. The molecule has 0 saturated carbocycles. The van der Waals surface area contributed by atoms with E-state index in [0.717, 1.165) is 11.4 Å². The summed E-state index contributed by atoms with van der Waals surface area (Å²) in [6.45, 7) is -0.152. The van der Waals surface area contributed by atoms with E-state index in [1.807, 2.05) is 47.2 Å². The van der Waals surface area contributed by atoms with Crippen LogP contribution < -0.4 is 15.0 Å². The highest BCUT2D eigenvalue weighted by molar-refractivity contribution is 7.98. The van der Waals surface area contributed by atoms with Gasteiger partial charge < -0.3 is 10.1 Å². The van der Waals surface area contributed by atoms with Gasteiger partial charge in [0, 0.05) is 6.20 Å². The normalized spacial score (nSPS) is 14.4. The van der Waals surface area contributed by atoms with Gasteiger partial charge in [-0.05, 0) is 42.7 Å². The van der Waals surface area contributed by atoms with Crippen LogP contribution in [0.2, 0.25) is 0 Å². The van der Waals surface area contributed by atoms with Gasteiger partial charge in [0.2, 0.25) is 5.91 Å². The molecule has 3 heterocycles. The first-order valence-electron chi connectivity index (χ1n) is 9.27. The monoisotopic (exact) mass is 411 g/mol. The van der Waals surface area contributed by atoms with Crippen LogP contribution in [0.3, 0.4) is 0 Å². The van der Waals surface area contributed by atoms with Crippen LogP contribution in [0.15, 0.2) is 48.7 Å². The molecule has 0 saturated heterocycles. The second-order valence-corrected chi connectivity index (χ2v) is 7.61. The van der Waals surface area contributed by atoms with Gasteiger partial charge in [-0.1, -0.05) is 18.2 Å². The molecule has 0 aliphatic carbocycles. The molecule has 0 bridgehead atoms. The summed E-state index contributed by atoms with van der Waals surface area (Å²) in [5, 5.41) is 11.5. The number of thioether (sulfide) groups is 1. The number of carbonyl (C=O) groups is 2. The lowest BCUT2D eigenvalue weighted by molar-refractivity contribution is -0.125. The molecule has 8 nitrogen and oxygen atoms in total. The van der Waals surface area contributed by atoms with Crippen LogP contribution in [-0.2, 0) is 9.59 Å². The van der Waals surface area contributed by atoms with E-state index in [-0.39, 0.29) is 31.0 Å². The van der Waals surface area contributed by atoms with Crippen molar-refractivity contribution in [3.05, 3.63) is 54.5 Å². The minimum absolute atomic E-state index is 0.0744. The number of rotatable bonds is 7. The number of carbonyl (C=O) groups excluding carboxylic acids is 2. The summed E-state index contributed by atoms with van der Waals surface area (Å²) in [4.78, 5) is 26.7.